The van der Waals surface area contributed by atoms with Crippen LogP contribution in [0, 0.1) is 17.1 Å². The molecule has 0 heterocycles. The molecule has 0 atom stereocenters. The van der Waals surface area contributed by atoms with Crippen LogP contribution >= 0.6 is 15.9 Å². The molecule has 2 nitrogen and oxygen atoms in total. The summed E-state index contributed by atoms with van der Waals surface area (Å²) in [6, 6.07) is 6.26. The van der Waals surface area contributed by atoms with Gasteiger partial charge in [-0.25, -0.2) is 4.39 Å². The second-order valence-electron chi connectivity index (χ2n) is 2.33. The molecule has 0 aliphatic rings. The first-order chi connectivity index (χ1) is 6.16. The van der Waals surface area contributed by atoms with Gasteiger partial charge >= 0.3 is 0 Å². The van der Waals surface area contributed by atoms with E-state index in [4.69, 9.17) is 11.0 Å². The van der Waals surface area contributed by atoms with Crippen LogP contribution in [-0.4, -0.2) is 0 Å². The third kappa shape index (κ3) is 2.07. The van der Waals surface area contributed by atoms with E-state index in [1.807, 2.05) is 0 Å². The lowest BCUT2D eigenvalue weighted by atomic mass is 10.1. The Morgan fingerprint density at radius 3 is 2.85 bits per heavy atom. The van der Waals surface area contributed by atoms with Gasteiger partial charge in [-0.15, -0.1) is 0 Å². The van der Waals surface area contributed by atoms with Crippen molar-refractivity contribution < 1.29 is 4.39 Å². The van der Waals surface area contributed by atoms with Crippen LogP contribution in [0.2, 0.25) is 0 Å². The second kappa shape index (κ2) is 4.06. The van der Waals surface area contributed by atoms with Gasteiger partial charge in [0.15, 0.2) is 0 Å². The van der Waals surface area contributed by atoms with Crippen molar-refractivity contribution in [2.24, 2.45) is 5.73 Å². The van der Waals surface area contributed by atoms with Crippen molar-refractivity contribution in [1.82, 2.24) is 0 Å². The molecular formula is C9H6BrFN2. The zero-order valence-corrected chi connectivity index (χ0v) is 8.18. The molecule has 0 bridgehead atoms. The lowest BCUT2D eigenvalue weighted by Crippen LogP contribution is -2.00. The maximum Gasteiger partial charge on any atom is 0.133 e. The van der Waals surface area contributed by atoms with Crippen molar-refractivity contribution in [1.29, 1.82) is 5.26 Å². The molecule has 0 amide bonds. The zero-order valence-electron chi connectivity index (χ0n) is 6.59. The largest absolute Gasteiger partial charge is 0.398 e. The summed E-state index contributed by atoms with van der Waals surface area (Å²) in [4.78, 5) is 0. The predicted molar refractivity (Wildman–Crippen MR) is 51.9 cm³/mol. The average Bonchev–Trinajstić information content (AvgIpc) is 2.04. The normalized spacial score (nSPS) is 11.0. The van der Waals surface area contributed by atoms with Crippen LogP contribution in [-0.2, 0) is 0 Å². The van der Waals surface area contributed by atoms with Gasteiger partial charge in [-0.05, 0) is 28.1 Å². The summed E-state index contributed by atoms with van der Waals surface area (Å²) in [5, 5.41) is 8.34. The van der Waals surface area contributed by atoms with Gasteiger partial charge in [-0.2, -0.15) is 5.26 Å². The second-order valence-corrected chi connectivity index (χ2v) is 3.18. The van der Waals surface area contributed by atoms with Crippen LogP contribution in [0.25, 0.3) is 5.70 Å². The molecule has 2 N–H and O–H groups in total. The third-order valence-electron chi connectivity index (χ3n) is 1.47. The Balaban J connectivity index is 3.30. The van der Waals surface area contributed by atoms with Gasteiger partial charge in [-0.1, -0.05) is 6.07 Å². The van der Waals surface area contributed by atoms with Crippen molar-refractivity contribution in [3.63, 3.8) is 0 Å². The van der Waals surface area contributed by atoms with E-state index in [2.05, 4.69) is 15.9 Å². The summed E-state index contributed by atoms with van der Waals surface area (Å²) in [5.41, 5.74) is 5.82. The Morgan fingerprint density at radius 2 is 2.31 bits per heavy atom. The van der Waals surface area contributed by atoms with Gasteiger partial charge in [0.05, 0.1) is 11.8 Å². The van der Waals surface area contributed by atoms with Gasteiger partial charge < -0.3 is 5.73 Å². The highest BCUT2D eigenvalue weighted by molar-refractivity contribution is 9.10. The first-order valence-electron chi connectivity index (χ1n) is 3.46. The molecular weight excluding hydrogens is 235 g/mol. The van der Waals surface area contributed by atoms with Crippen LogP contribution in [0.4, 0.5) is 4.39 Å². The quantitative estimate of drug-likeness (QED) is 0.767. The average molecular weight is 241 g/mol. The van der Waals surface area contributed by atoms with E-state index in [0.717, 1.165) is 6.08 Å². The first kappa shape index (κ1) is 9.75. The standard InChI is InChI=1S/C9H6BrFN2/c10-6-2-1-3-7(11)9(6)8(13)4-5-12/h1-4H,13H2/b8-4+. The van der Waals surface area contributed by atoms with Gasteiger partial charge in [0.25, 0.3) is 0 Å². The van der Waals surface area contributed by atoms with E-state index in [1.54, 1.807) is 18.2 Å². The Bertz CT molecular complexity index is 373. The number of rotatable bonds is 1. The summed E-state index contributed by atoms with van der Waals surface area (Å²) in [6.45, 7) is 0. The van der Waals surface area contributed by atoms with Crippen LogP contribution in [0.5, 0.6) is 0 Å². The number of halogens is 2. The highest BCUT2D eigenvalue weighted by atomic mass is 79.9. The van der Waals surface area contributed by atoms with E-state index in [-0.39, 0.29) is 11.3 Å². The summed E-state index contributed by atoms with van der Waals surface area (Å²) in [7, 11) is 0. The smallest absolute Gasteiger partial charge is 0.133 e. The van der Waals surface area contributed by atoms with Gasteiger partial charge in [-0.3, -0.25) is 0 Å². The number of nitriles is 1. The maximum atomic E-state index is 13.2. The van der Waals surface area contributed by atoms with E-state index in [0.29, 0.717) is 4.47 Å². The fourth-order valence-corrected chi connectivity index (χ4v) is 1.49. The summed E-state index contributed by atoms with van der Waals surface area (Å²) in [6.07, 6.45) is 1.10. The van der Waals surface area contributed by atoms with E-state index < -0.39 is 5.82 Å². The number of nitrogens with two attached hydrogens (primary N) is 1. The Hall–Kier alpha value is -1.34. The van der Waals surface area contributed by atoms with Gasteiger partial charge in [0.1, 0.15) is 5.82 Å². The molecule has 1 aromatic rings. The summed E-state index contributed by atoms with van der Waals surface area (Å²) < 4.78 is 13.7. The maximum absolute atomic E-state index is 13.2. The predicted octanol–water partition coefficient (Wildman–Crippen LogP) is 2.41. The Kier molecular flexibility index (Phi) is 3.04. The molecule has 0 saturated heterocycles. The lowest BCUT2D eigenvalue weighted by Gasteiger charge is -2.04. The summed E-state index contributed by atoms with van der Waals surface area (Å²) >= 11 is 3.15. The molecule has 4 heteroatoms. The van der Waals surface area contributed by atoms with Crippen LogP contribution in [0.3, 0.4) is 0 Å². The molecule has 0 aromatic heterocycles. The molecule has 13 heavy (non-hydrogen) atoms. The van der Waals surface area contributed by atoms with E-state index in [9.17, 15) is 4.39 Å². The topological polar surface area (TPSA) is 49.8 Å². The molecule has 0 fully saturated rings. The van der Waals surface area contributed by atoms with Crippen molar-refractivity contribution in [3.8, 4) is 6.07 Å². The molecule has 0 unspecified atom stereocenters. The molecule has 66 valence electrons. The molecule has 0 radical (unpaired) electrons. The van der Waals surface area contributed by atoms with Crippen molar-refractivity contribution >= 4 is 21.6 Å². The monoisotopic (exact) mass is 240 g/mol. The number of benzene rings is 1. The number of hydrogen-bond acceptors (Lipinski definition) is 2. The minimum absolute atomic E-state index is 0.118. The Morgan fingerprint density at radius 1 is 1.62 bits per heavy atom. The number of hydrogen-bond donors (Lipinski definition) is 1. The van der Waals surface area contributed by atoms with Crippen LogP contribution < -0.4 is 5.73 Å². The fraction of sp³-hybridized carbons (Fsp3) is 0. The Labute approximate surface area is 83.6 Å². The van der Waals surface area contributed by atoms with Gasteiger partial charge in [0.2, 0.25) is 0 Å². The minimum Gasteiger partial charge on any atom is -0.398 e. The number of allylic oxidation sites excluding steroid dienone is 1. The van der Waals surface area contributed by atoms with Crippen LogP contribution in [0.1, 0.15) is 5.56 Å². The van der Waals surface area contributed by atoms with Crippen molar-refractivity contribution in [2.75, 3.05) is 0 Å². The number of nitrogens with zero attached hydrogens (tertiary/aromatic N) is 1. The lowest BCUT2D eigenvalue weighted by molar-refractivity contribution is 0.622. The van der Waals surface area contributed by atoms with Crippen molar-refractivity contribution in [3.05, 3.63) is 40.1 Å². The van der Waals surface area contributed by atoms with Crippen LogP contribution in [0.15, 0.2) is 28.7 Å². The fourth-order valence-electron chi connectivity index (χ4n) is 0.915. The SMILES string of the molecule is N#C/C=C(/N)c1c(F)cccc1Br. The molecule has 0 saturated carbocycles. The zero-order chi connectivity index (χ0) is 9.84. The van der Waals surface area contributed by atoms with Gasteiger partial charge in [0, 0.05) is 16.1 Å². The molecule has 1 rings (SSSR count). The molecule has 0 spiro atoms. The highest BCUT2D eigenvalue weighted by Crippen LogP contribution is 2.23. The minimum atomic E-state index is -0.446. The summed E-state index contributed by atoms with van der Waals surface area (Å²) in [5.74, 6) is -0.446. The first-order valence-corrected chi connectivity index (χ1v) is 4.25. The third-order valence-corrected chi connectivity index (χ3v) is 2.13. The molecule has 0 aliphatic heterocycles. The molecule has 0 aliphatic carbocycles. The van der Waals surface area contributed by atoms with E-state index in [1.165, 1.54) is 6.07 Å². The molecule has 1 aromatic carbocycles. The van der Waals surface area contributed by atoms with Crippen molar-refractivity contribution in [2.45, 2.75) is 0 Å². The van der Waals surface area contributed by atoms with E-state index >= 15 is 0 Å². The highest BCUT2D eigenvalue weighted by Gasteiger charge is 2.08.